The number of aromatic nitrogens is 1. The molecule has 4 rings (SSSR count). The zero-order valence-electron chi connectivity index (χ0n) is 14.2. The molecule has 1 saturated heterocycles. The summed E-state index contributed by atoms with van der Waals surface area (Å²) in [5.41, 5.74) is 0. The van der Waals surface area contributed by atoms with E-state index in [4.69, 9.17) is 4.74 Å². The van der Waals surface area contributed by atoms with Crippen LogP contribution < -0.4 is 10.1 Å². The van der Waals surface area contributed by atoms with Crippen molar-refractivity contribution in [2.24, 2.45) is 17.8 Å². The molecule has 2 fully saturated rings. The van der Waals surface area contributed by atoms with Gasteiger partial charge in [-0.1, -0.05) is 30.4 Å². The Kier molecular flexibility index (Phi) is 4.95. The Morgan fingerprint density at radius 3 is 3.00 bits per heavy atom. The Labute approximate surface area is 144 Å². The molecule has 4 heteroatoms. The van der Waals surface area contributed by atoms with Gasteiger partial charge in [-0.2, -0.15) is 0 Å². The lowest BCUT2D eigenvalue weighted by molar-refractivity contribution is 0.0809. The largest absolute Gasteiger partial charge is 0.476 e. The maximum absolute atomic E-state index is 5.66. The Morgan fingerprint density at radius 1 is 1.25 bits per heavy atom. The number of allylic oxidation sites excluding steroid dienone is 4. The van der Waals surface area contributed by atoms with E-state index in [0.29, 0.717) is 0 Å². The van der Waals surface area contributed by atoms with E-state index in [9.17, 15) is 0 Å². The second-order valence-corrected chi connectivity index (χ2v) is 7.27. The van der Waals surface area contributed by atoms with Gasteiger partial charge < -0.3 is 10.1 Å². The lowest BCUT2D eigenvalue weighted by Gasteiger charge is -2.39. The molecule has 4 nitrogen and oxygen atoms in total. The third kappa shape index (κ3) is 4.05. The lowest BCUT2D eigenvalue weighted by atomic mass is 9.95. The average molecular weight is 325 g/mol. The molecule has 2 heterocycles. The van der Waals surface area contributed by atoms with E-state index >= 15 is 0 Å². The van der Waals surface area contributed by atoms with Gasteiger partial charge in [-0.3, -0.25) is 4.90 Å². The molecule has 0 radical (unpaired) electrons. The second kappa shape index (κ2) is 7.49. The molecule has 3 atom stereocenters. The van der Waals surface area contributed by atoms with E-state index in [1.807, 2.05) is 18.2 Å². The zero-order chi connectivity index (χ0) is 16.2. The molecular weight excluding hydrogens is 298 g/mol. The maximum atomic E-state index is 5.66. The van der Waals surface area contributed by atoms with Gasteiger partial charge in [-0.15, -0.1) is 0 Å². The van der Waals surface area contributed by atoms with Crippen molar-refractivity contribution in [2.45, 2.75) is 18.9 Å². The Bertz CT molecular complexity index is 580. The van der Waals surface area contributed by atoms with E-state index in [0.717, 1.165) is 42.8 Å². The summed E-state index contributed by atoms with van der Waals surface area (Å²) in [6, 6.07) is 6.53. The number of nitrogens with one attached hydrogen (secondary N) is 1. The highest BCUT2D eigenvalue weighted by molar-refractivity contribution is 5.15. The molecule has 0 aromatic carbocycles. The summed E-state index contributed by atoms with van der Waals surface area (Å²) in [4.78, 5) is 6.64. The van der Waals surface area contributed by atoms with Crippen LogP contribution in [0.3, 0.4) is 0 Å². The number of ether oxygens (including phenoxy) is 1. The van der Waals surface area contributed by atoms with E-state index < -0.39 is 0 Å². The van der Waals surface area contributed by atoms with Gasteiger partial charge in [0.05, 0.1) is 0 Å². The second-order valence-electron chi connectivity index (χ2n) is 7.27. The third-order valence-corrected chi connectivity index (χ3v) is 5.40. The quantitative estimate of drug-likeness (QED) is 0.797. The van der Waals surface area contributed by atoms with Crippen molar-refractivity contribution < 1.29 is 4.74 Å². The highest BCUT2D eigenvalue weighted by Crippen LogP contribution is 2.41. The SMILES string of the molecule is C1=CCC([C@@H]2C[C@H]2NCC2CN(CCOc3ccccn3)C2)C=C1. The van der Waals surface area contributed by atoms with E-state index in [-0.39, 0.29) is 0 Å². The molecule has 0 amide bonds. The van der Waals surface area contributed by atoms with Crippen LogP contribution >= 0.6 is 0 Å². The first kappa shape index (κ1) is 15.9. The lowest BCUT2D eigenvalue weighted by Crippen LogP contribution is -2.52. The van der Waals surface area contributed by atoms with Crippen LogP contribution in [0.2, 0.25) is 0 Å². The van der Waals surface area contributed by atoms with Gasteiger partial charge in [0.25, 0.3) is 0 Å². The Hall–Kier alpha value is -1.65. The van der Waals surface area contributed by atoms with Crippen molar-refractivity contribution in [3.05, 3.63) is 48.7 Å². The van der Waals surface area contributed by atoms with E-state index in [1.165, 1.54) is 32.5 Å². The number of rotatable bonds is 8. The molecule has 1 saturated carbocycles. The van der Waals surface area contributed by atoms with Crippen LogP contribution in [0.4, 0.5) is 0 Å². The molecule has 3 aliphatic rings. The summed E-state index contributed by atoms with van der Waals surface area (Å²) in [5.74, 6) is 3.17. The number of hydrogen-bond donors (Lipinski definition) is 1. The fourth-order valence-corrected chi connectivity index (χ4v) is 3.86. The van der Waals surface area contributed by atoms with Crippen molar-refractivity contribution in [1.82, 2.24) is 15.2 Å². The predicted octanol–water partition coefficient (Wildman–Crippen LogP) is 2.50. The first-order valence-electron chi connectivity index (χ1n) is 9.21. The van der Waals surface area contributed by atoms with Gasteiger partial charge in [0.1, 0.15) is 6.61 Å². The van der Waals surface area contributed by atoms with Gasteiger partial charge in [-0.05, 0) is 36.7 Å². The normalized spacial score (nSPS) is 29.4. The van der Waals surface area contributed by atoms with Crippen molar-refractivity contribution in [1.29, 1.82) is 0 Å². The van der Waals surface area contributed by atoms with Crippen molar-refractivity contribution in [2.75, 3.05) is 32.8 Å². The number of hydrogen-bond acceptors (Lipinski definition) is 4. The highest BCUT2D eigenvalue weighted by Gasteiger charge is 2.42. The predicted molar refractivity (Wildman–Crippen MR) is 95.9 cm³/mol. The van der Waals surface area contributed by atoms with Gasteiger partial charge >= 0.3 is 0 Å². The molecule has 1 aromatic heterocycles. The van der Waals surface area contributed by atoms with Gasteiger partial charge in [0.15, 0.2) is 0 Å². The van der Waals surface area contributed by atoms with Crippen molar-refractivity contribution >= 4 is 0 Å². The number of likely N-dealkylation sites (tertiary alicyclic amines) is 1. The van der Waals surface area contributed by atoms with Crippen LogP contribution in [0.15, 0.2) is 48.7 Å². The monoisotopic (exact) mass is 325 g/mol. The summed E-state index contributed by atoms with van der Waals surface area (Å²) in [7, 11) is 0. The van der Waals surface area contributed by atoms with Gasteiger partial charge in [-0.25, -0.2) is 4.98 Å². The minimum Gasteiger partial charge on any atom is -0.476 e. The molecule has 1 N–H and O–H groups in total. The fourth-order valence-electron chi connectivity index (χ4n) is 3.86. The summed E-state index contributed by atoms with van der Waals surface area (Å²) in [6.45, 7) is 5.29. The summed E-state index contributed by atoms with van der Waals surface area (Å²) >= 11 is 0. The summed E-state index contributed by atoms with van der Waals surface area (Å²) in [6.07, 6.45) is 13.4. The topological polar surface area (TPSA) is 37.4 Å². The minimum atomic E-state index is 0.725. The highest BCUT2D eigenvalue weighted by atomic mass is 16.5. The van der Waals surface area contributed by atoms with Crippen LogP contribution in [-0.4, -0.2) is 48.7 Å². The fraction of sp³-hybridized carbons (Fsp3) is 0.550. The summed E-state index contributed by atoms with van der Waals surface area (Å²) in [5, 5.41) is 3.78. The molecule has 2 aliphatic carbocycles. The van der Waals surface area contributed by atoms with E-state index in [1.54, 1.807) is 6.20 Å². The molecule has 128 valence electrons. The van der Waals surface area contributed by atoms with Crippen LogP contribution in [0.25, 0.3) is 0 Å². The molecular formula is C20H27N3O. The minimum absolute atomic E-state index is 0.725. The van der Waals surface area contributed by atoms with Crippen LogP contribution in [0.5, 0.6) is 5.88 Å². The zero-order valence-corrected chi connectivity index (χ0v) is 14.2. The first-order chi connectivity index (χ1) is 11.9. The van der Waals surface area contributed by atoms with Crippen molar-refractivity contribution in [3.8, 4) is 5.88 Å². The molecule has 1 unspecified atom stereocenters. The maximum Gasteiger partial charge on any atom is 0.213 e. The van der Waals surface area contributed by atoms with Gasteiger partial charge in [0.2, 0.25) is 5.88 Å². The molecule has 0 bridgehead atoms. The Balaban J connectivity index is 1.06. The first-order valence-corrected chi connectivity index (χ1v) is 9.21. The van der Waals surface area contributed by atoms with Crippen LogP contribution in [0.1, 0.15) is 12.8 Å². The van der Waals surface area contributed by atoms with Crippen LogP contribution in [0, 0.1) is 17.8 Å². The molecule has 1 aromatic rings. The van der Waals surface area contributed by atoms with Gasteiger partial charge in [0, 0.05) is 44.5 Å². The summed E-state index contributed by atoms with van der Waals surface area (Å²) < 4.78 is 5.66. The van der Waals surface area contributed by atoms with E-state index in [2.05, 4.69) is 39.5 Å². The third-order valence-electron chi connectivity index (χ3n) is 5.40. The smallest absolute Gasteiger partial charge is 0.213 e. The standard InChI is InChI=1S/C20H27N3O/c1-2-6-17(7-3-1)18-12-19(18)22-13-16-14-23(15-16)10-11-24-20-8-4-5-9-21-20/h1-6,8-9,16-19,22H,7,10-15H2/t17?,18-,19+/m0/s1. The number of nitrogens with zero attached hydrogens (tertiary/aromatic N) is 2. The molecule has 1 aliphatic heterocycles. The average Bonchev–Trinajstić information content (AvgIpc) is 3.37. The van der Waals surface area contributed by atoms with Crippen molar-refractivity contribution in [3.63, 3.8) is 0 Å². The molecule has 24 heavy (non-hydrogen) atoms. The molecule has 0 spiro atoms. The van der Waals surface area contributed by atoms with Crippen LogP contribution in [-0.2, 0) is 0 Å². The number of pyridine rings is 1. The Morgan fingerprint density at radius 2 is 2.21 bits per heavy atom.